The van der Waals surface area contributed by atoms with E-state index in [0.717, 1.165) is 24.2 Å². The van der Waals surface area contributed by atoms with Gasteiger partial charge in [0.2, 0.25) is 5.91 Å². The van der Waals surface area contributed by atoms with Crippen LogP contribution in [-0.4, -0.2) is 44.8 Å². The molecule has 6 nitrogen and oxygen atoms in total. The molecule has 6 heteroatoms. The fourth-order valence-electron chi connectivity index (χ4n) is 3.36. The standard InChI is InChI=1S/C15H21N3O3/c1-9-5-10(2)18(16-9)8-14(19)17-6-12(11-3-4-11)13(7-17)15(20)21/h5,11-13H,3-4,6-8H2,1-2H3,(H,20,21)/t12-,13+/m1/s1. The number of carbonyl (C=O) groups excluding carboxylic acids is 1. The summed E-state index contributed by atoms with van der Waals surface area (Å²) in [5.41, 5.74) is 1.84. The van der Waals surface area contributed by atoms with Gasteiger partial charge in [0.05, 0.1) is 11.6 Å². The zero-order valence-corrected chi connectivity index (χ0v) is 12.5. The summed E-state index contributed by atoms with van der Waals surface area (Å²) in [6.45, 7) is 4.94. The van der Waals surface area contributed by atoms with Gasteiger partial charge in [0, 0.05) is 18.8 Å². The Morgan fingerprint density at radius 1 is 1.33 bits per heavy atom. The van der Waals surface area contributed by atoms with Crippen LogP contribution in [0.15, 0.2) is 6.07 Å². The Labute approximate surface area is 123 Å². The molecule has 1 aliphatic carbocycles. The molecule has 1 amide bonds. The molecule has 114 valence electrons. The van der Waals surface area contributed by atoms with Gasteiger partial charge in [0.25, 0.3) is 0 Å². The number of amides is 1. The van der Waals surface area contributed by atoms with Crippen LogP contribution >= 0.6 is 0 Å². The van der Waals surface area contributed by atoms with Gasteiger partial charge in [0.15, 0.2) is 0 Å². The van der Waals surface area contributed by atoms with E-state index in [2.05, 4.69) is 5.10 Å². The van der Waals surface area contributed by atoms with Crippen LogP contribution in [-0.2, 0) is 16.1 Å². The van der Waals surface area contributed by atoms with Gasteiger partial charge in [-0.15, -0.1) is 0 Å². The number of hydrogen-bond donors (Lipinski definition) is 1. The first-order valence-electron chi connectivity index (χ1n) is 7.47. The second kappa shape index (κ2) is 5.16. The molecule has 0 unspecified atom stereocenters. The Kier molecular flexibility index (Phi) is 3.47. The molecular weight excluding hydrogens is 270 g/mol. The second-order valence-electron chi connectivity index (χ2n) is 6.33. The highest BCUT2D eigenvalue weighted by Gasteiger charge is 2.46. The van der Waals surface area contributed by atoms with Crippen molar-refractivity contribution in [1.29, 1.82) is 0 Å². The van der Waals surface area contributed by atoms with Gasteiger partial charge in [-0.2, -0.15) is 5.10 Å². The third-order valence-electron chi connectivity index (χ3n) is 4.65. The second-order valence-corrected chi connectivity index (χ2v) is 6.33. The topological polar surface area (TPSA) is 75.4 Å². The monoisotopic (exact) mass is 291 g/mol. The fraction of sp³-hybridized carbons (Fsp3) is 0.667. The molecule has 2 atom stereocenters. The molecule has 2 aliphatic rings. The van der Waals surface area contributed by atoms with Crippen molar-refractivity contribution in [1.82, 2.24) is 14.7 Å². The molecule has 21 heavy (non-hydrogen) atoms. The largest absolute Gasteiger partial charge is 0.481 e. The zero-order chi connectivity index (χ0) is 15.1. The van der Waals surface area contributed by atoms with Crippen molar-refractivity contribution in [2.24, 2.45) is 17.8 Å². The number of aromatic nitrogens is 2. The molecule has 2 fully saturated rings. The quantitative estimate of drug-likeness (QED) is 0.900. The number of rotatable bonds is 4. The first-order chi connectivity index (χ1) is 9.95. The Hall–Kier alpha value is -1.85. The Bertz CT molecular complexity index is 577. The zero-order valence-electron chi connectivity index (χ0n) is 12.5. The van der Waals surface area contributed by atoms with E-state index in [1.165, 1.54) is 0 Å². The first-order valence-corrected chi connectivity index (χ1v) is 7.47. The van der Waals surface area contributed by atoms with E-state index in [1.54, 1.807) is 9.58 Å². The van der Waals surface area contributed by atoms with Crippen LogP contribution in [0, 0.1) is 31.6 Å². The third kappa shape index (κ3) is 2.80. The summed E-state index contributed by atoms with van der Waals surface area (Å²) in [5.74, 6) is -0.574. The van der Waals surface area contributed by atoms with E-state index in [-0.39, 0.29) is 18.4 Å². The molecule has 1 aromatic rings. The molecule has 1 saturated carbocycles. The van der Waals surface area contributed by atoms with Crippen molar-refractivity contribution in [3.05, 3.63) is 17.5 Å². The number of likely N-dealkylation sites (tertiary alicyclic amines) is 1. The van der Waals surface area contributed by atoms with Crippen molar-refractivity contribution in [2.75, 3.05) is 13.1 Å². The van der Waals surface area contributed by atoms with Gasteiger partial charge in [0.1, 0.15) is 6.54 Å². The molecule has 2 heterocycles. The summed E-state index contributed by atoms with van der Waals surface area (Å²) in [6.07, 6.45) is 2.21. The molecule has 3 rings (SSSR count). The lowest BCUT2D eigenvalue weighted by Crippen LogP contribution is -2.33. The third-order valence-corrected chi connectivity index (χ3v) is 4.65. The predicted octanol–water partition coefficient (Wildman–Crippen LogP) is 1.07. The van der Waals surface area contributed by atoms with Gasteiger partial charge in [-0.25, -0.2) is 0 Å². The number of carboxylic acid groups (broad SMARTS) is 1. The van der Waals surface area contributed by atoms with Crippen molar-refractivity contribution < 1.29 is 14.7 Å². The van der Waals surface area contributed by atoms with Gasteiger partial charge in [-0.1, -0.05) is 0 Å². The molecule has 1 N–H and O–H groups in total. The smallest absolute Gasteiger partial charge is 0.308 e. The number of carbonyl (C=O) groups is 2. The average Bonchev–Trinajstić information content (AvgIpc) is 3.07. The molecule has 1 saturated heterocycles. The van der Waals surface area contributed by atoms with Crippen LogP contribution < -0.4 is 0 Å². The molecular formula is C15H21N3O3. The fourth-order valence-corrected chi connectivity index (χ4v) is 3.36. The van der Waals surface area contributed by atoms with Crippen LogP contribution in [0.5, 0.6) is 0 Å². The molecule has 0 radical (unpaired) electrons. The summed E-state index contributed by atoms with van der Waals surface area (Å²) < 4.78 is 1.69. The number of aryl methyl sites for hydroxylation is 2. The van der Waals surface area contributed by atoms with Gasteiger partial charge in [-0.05, 0) is 44.6 Å². The molecule has 0 bridgehead atoms. The minimum Gasteiger partial charge on any atom is -0.481 e. The highest BCUT2D eigenvalue weighted by Crippen LogP contribution is 2.44. The van der Waals surface area contributed by atoms with E-state index < -0.39 is 11.9 Å². The summed E-state index contributed by atoms with van der Waals surface area (Å²) >= 11 is 0. The SMILES string of the molecule is Cc1cc(C)n(CC(=O)N2C[C@H](C(=O)O)[C@@H](C3CC3)C2)n1. The molecule has 0 aromatic carbocycles. The van der Waals surface area contributed by atoms with Crippen LogP contribution in [0.4, 0.5) is 0 Å². The summed E-state index contributed by atoms with van der Waals surface area (Å²) in [6, 6.07) is 1.93. The van der Waals surface area contributed by atoms with E-state index >= 15 is 0 Å². The van der Waals surface area contributed by atoms with E-state index in [9.17, 15) is 14.7 Å². The number of carboxylic acids is 1. The molecule has 1 aromatic heterocycles. The maximum Gasteiger partial charge on any atom is 0.308 e. The van der Waals surface area contributed by atoms with Gasteiger partial charge < -0.3 is 10.0 Å². The lowest BCUT2D eigenvalue weighted by Gasteiger charge is -2.16. The summed E-state index contributed by atoms with van der Waals surface area (Å²) in [7, 11) is 0. The summed E-state index contributed by atoms with van der Waals surface area (Å²) in [4.78, 5) is 25.5. The lowest BCUT2D eigenvalue weighted by molar-refractivity contribution is -0.142. The maximum absolute atomic E-state index is 12.4. The van der Waals surface area contributed by atoms with Crippen molar-refractivity contribution >= 4 is 11.9 Å². The van der Waals surface area contributed by atoms with Crippen LogP contribution in [0.3, 0.4) is 0 Å². The van der Waals surface area contributed by atoms with E-state index in [1.807, 2.05) is 19.9 Å². The van der Waals surface area contributed by atoms with Gasteiger partial charge in [-0.3, -0.25) is 14.3 Å². The first kappa shape index (κ1) is 14.1. The number of nitrogens with zero attached hydrogens (tertiary/aromatic N) is 3. The number of hydrogen-bond acceptors (Lipinski definition) is 3. The van der Waals surface area contributed by atoms with Crippen molar-refractivity contribution in [3.8, 4) is 0 Å². The van der Waals surface area contributed by atoms with Crippen LogP contribution in [0.1, 0.15) is 24.2 Å². The minimum absolute atomic E-state index is 0.0319. The van der Waals surface area contributed by atoms with E-state index in [4.69, 9.17) is 0 Å². The Morgan fingerprint density at radius 3 is 2.57 bits per heavy atom. The Balaban J connectivity index is 1.68. The highest BCUT2D eigenvalue weighted by atomic mass is 16.4. The van der Waals surface area contributed by atoms with Crippen molar-refractivity contribution in [2.45, 2.75) is 33.2 Å². The maximum atomic E-state index is 12.4. The van der Waals surface area contributed by atoms with E-state index in [0.29, 0.717) is 19.0 Å². The normalized spacial score (nSPS) is 25.3. The number of aliphatic carboxylic acids is 1. The Morgan fingerprint density at radius 2 is 2.05 bits per heavy atom. The predicted molar refractivity (Wildman–Crippen MR) is 75.6 cm³/mol. The van der Waals surface area contributed by atoms with Crippen molar-refractivity contribution in [3.63, 3.8) is 0 Å². The average molecular weight is 291 g/mol. The molecule has 0 spiro atoms. The van der Waals surface area contributed by atoms with Crippen LogP contribution in [0.2, 0.25) is 0 Å². The lowest BCUT2D eigenvalue weighted by atomic mass is 9.92. The molecule has 1 aliphatic heterocycles. The summed E-state index contributed by atoms with van der Waals surface area (Å²) in [5, 5.41) is 13.6. The highest BCUT2D eigenvalue weighted by molar-refractivity contribution is 5.79. The van der Waals surface area contributed by atoms with Crippen LogP contribution in [0.25, 0.3) is 0 Å². The van der Waals surface area contributed by atoms with Gasteiger partial charge >= 0.3 is 5.97 Å². The minimum atomic E-state index is -0.770.